The minimum absolute atomic E-state index is 0.0329. The summed E-state index contributed by atoms with van der Waals surface area (Å²) in [5, 5.41) is 2.96. The van der Waals surface area contributed by atoms with Gasteiger partial charge >= 0.3 is 0 Å². The molecule has 0 saturated heterocycles. The fourth-order valence-corrected chi connectivity index (χ4v) is 3.40. The van der Waals surface area contributed by atoms with Crippen molar-refractivity contribution < 1.29 is 4.79 Å². The first-order chi connectivity index (χ1) is 7.08. The summed E-state index contributed by atoms with van der Waals surface area (Å²) in [6, 6.07) is 1.85. The van der Waals surface area contributed by atoms with E-state index in [-0.39, 0.29) is 5.91 Å². The van der Waals surface area contributed by atoms with Gasteiger partial charge in [0.1, 0.15) is 0 Å². The maximum atomic E-state index is 11.7. The van der Waals surface area contributed by atoms with E-state index >= 15 is 0 Å². The standard InChI is InChI=1S/C10H11Br2NOS/c1-5-2-6(5)4-13-10(14)8-3-7(11)9(12)15-8/h3,5-6H,2,4H2,1H3,(H,13,14). The lowest BCUT2D eigenvalue weighted by atomic mass is 10.3. The van der Waals surface area contributed by atoms with Crippen molar-refractivity contribution in [2.75, 3.05) is 6.54 Å². The summed E-state index contributed by atoms with van der Waals surface area (Å²) in [7, 11) is 0. The Balaban J connectivity index is 1.90. The summed E-state index contributed by atoms with van der Waals surface area (Å²) < 4.78 is 1.91. The highest BCUT2D eigenvalue weighted by atomic mass is 79.9. The van der Waals surface area contributed by atoms with Gasteiger partial charge in [0, 0.05) is 11.0 Å². The van der Waals surface area contributed by atoms with Crippen LogP contribution >= 0.6 is 43.2 Å². The molecule has 0 radical (unpaired) electrons. The molecule has 2 atom stereocenters. The number of rotatable bonds is 3. The zero-order chi connectivity index (χ0) is 11.0. The van der Waals surface area contributed by atoms with Crippen LogP contribution in [0.3, 0.4) is 0 Å². The van der Waals surface area contributed by atoms with Gasteiger partial charge in [-0.15, -0.1) is 11.3 Å². The minimum Gasteiger partial charge on any atom is -0.351 e. The third-order valence-electron chi connectivity index (χ3n) is 2.67. The summed E-state index contributed by atoms with van der Waals surface area (Å²) in [5.74, 6) is 1.51. The summed E-state index contributed by atoms with van der Waals surface area (Å²) in [5.41, 5.74) is 0. The Morgan fingerprint density at radius 2 is 2.33 bits per heavy atom. The van der Waals surface area contributed by atoms with Crippen molar-refractivity contribution in [2.45, 2.75) is 13.3 Å². The maximum absolute atomic E-state index is 11.7. The van der Waals surface area contributed by atoms with Crippen LogP contribution in [0.2, 0.25) is 0 Å². The molecule has 0 aliphatic heterocycles. The Kier molecular flexibility index (Phi) is 3.52. The minimum atomic E-state index is 0.0329. The largest absolute Gasteiger partial charge is 0.351 e. The van der Waals surface area contributed by atoms with Crippen LogP contribution in [0.15, 0.2) is 14.3 Å². The van der Waals surface area contributed by atoms with Crippen molar-refractivity contribution in [1.82, 2.24) is 5.32 Å². The van der Waals surface area contributed by atoms with E-state index in [1.54, 1.807) is 0 Å². The number of halogens is 2. The second-order valence-corrected chi connectivity index (χ2v) is 7.14. The fraction of sp³-hybridized carbons (Fsp3) is 0.500. The quantitative estimate of drug-likeness (QED) is 0.883. The van der Waals surface area contributed by atoms with Gasteiger partial charge in [0.2, 0.25) is 0 Å². The molecular formula is C10H11Br2NOS. The van der Waals surface area contributed by atoms with Gasteiger partial charge in [-0.1, -0.05) is 6.92 Å². The highest BCUT2D eigenvalue weighted by Crippen LogP contribution is 2.37. The van der Waals surface area contributed by atoms with Crippen LogP contribution < -0.4 is 5.32 Å². The molecule has 1 aromatic heterocycles. The van der Waals surface area contributed by atoms with Gasteiger partial charge in [-0.25, -0.2) is 0 Å². The lowest BCUT2D eigenvalue weighted by molar-refractivity contribution is 0.0955. The lowest BCUT2D eigenvalue weighted by Crippen LogP contribution is -2.24. The molecule has 0 aromatic carbocycles. The first kappa shape index (κ1) is 11.6. The molecule has 1 aliphatic rings. The zero-order valence-corrected chi connectivity index (χ0v) is 12.2. The molecule has 1 amide bonds. The third kappa shape index (κ3) is 2.82. The summed E-state index contributed by atoms with van der Waals surface area (Å²) in [6.45, 7) is 3.03. The Bertz CT molecular complexity index is 371. The molecule has 5 heteroatoms. The molecule has 2 rings (SSSR count). The number of carbonyl (C=O) groups excluding carboxylic acids is 1. The summed E-state index contributed by atoms with van der Waals surface area (Å²) in [4.78, 5) is 12.5. The SMILES string of the molecule is CC1CC1CNC(=O)c1cc(Br)c(Br)s1. The van der Waals surface area contributed by atoms with Crippen LogP contribution in [0.4, 0.5) is 0 Å². The number of thiophene rings is 1. The van der Waals surface area contributed by atoms with Gasteiger partial charge in [0.15, 0.2) is 0 Å². The van der Waals surface area contributed by atoms with Gasteiger partial charge in [0.05, 0.1) is 8.66 Å². The molecule has 82 valence electrons. The average molecular weight is 353 g/mol. The van der Waals surface area contributed by atoms with E-state index in [9.17, 15) is 4.79 Å². The van der Waals surface area contributed by atoms with Crippen molar-refractivity contribution in [2.24, 2.45) is 11.8 Å². The first-order valence-corrected chi connectivity index (χ1v) is 7.21. The second-order valence-electron chi connectivity index (χ2n) is 3.92. The third-order valence-corrected chi connectivity index (χ3v) is 5.92. The molecule has 2 unspecified atom stereocenters. The van der Waals surface area contributed by atoms with Crippen molar-refractivity contribution in [1.29, 1.82) is 0 Å². The lowest BCUT2D eigenvalue weighted by Gasteiger charge is -2.01. The number of hydrogen-bond donors (Lipinski definition) is 1. The smallest absolute Gasteiger partial charge is 0.261 e. The number of amides is 1. The van der Waals surface area contributed by atoms with Gasteiger partial charge in [0.25, 0.3) is 5.91 Å². The molecule has 1 aromatic rings. The van der Waals surface area contributed by atoms with Crippen LogP contribution in [-0.4, -0.2) is 12.5 Å². The normalized spacial score (nSPS) is 23.9. The molecule has 1 heterocycles. The molecular weight excluding hydrogens is 342 g/mol. The van der Waals surface area contributed by atoms with Gasteiger partial charge in [-0.3, -0.25) is 4.79 Å². The van der Waals surface area contributed by atoms with Crippen LogP contribution in [0, 0.1) is 11.8 Å². The Hall–Kier alpha value is 0.130. The molecule has 1 aliphatic carbocycles. The van der Waals surface area contributed by atoms with Crippen molar-refractivity contribution in [3.63, 3.8) is 0 Å². The van der Waals surface area contributed by atoms with Crippen molar-refractivity contribution in [3.05, 3.63) is 19.2 Å². The van der Waals surface area contributed by atoms with Crippen LogP contribution in [0.5, 0.6) is 0 Å². The number of hydrogen-bond acceptors (Lipinski definition) is 2. The van der Waals surface area contributed by atoms with Crippen molar-refractivity contribution >= 4 is 49.1 Å². The van der Waals surface area contributed by atoms with Crippen LogP contribution in [-0.2, 0) is 0 Å². The van der Waals surface area contributed by atoms with Gasteiger partial charge in [-0.05, 0) is 56.2 Å². The highest BCUT2D eigenvalue weighted by molar-refractivity contribution is 9.13. The van der Waals surface area contributed by atoms with E-state index in [0.29, 0.717) is 5.92 Å². The Labute approximate surface area is 110 Å². The van der Waals surface area contributed by atoms with Gasteiger partial charge < -0.3 is 5.32 Å². The molecule has 2 nitrogen and oxygen atoms in total. The van der Waals surface area contributed by atoms with Crippen molar-refractivity contribution in [3.8, 4) is 0 Å². The fourth-order valence-electron chi connectivity index (χ4n) is 1.45. The molecule has 1 fully saturated rings. The molecule has 1 saturated carbocycles. The molecule has 0 spiro atoms. The Morgan fingerprint density at radius 1 is 1.67 bits per heavy atom. The second kappa shape index (κ2) is 4.55. The van der Waals surface area contributed by atoms with Crippen LogP contribution in [0.25, 0.3) is 0 Å². The van der Waals surface area contributed by atoms with Gasteiger partial charge in [-0.2, -0.15) is 0 Å². The van der Waals surface area contributed by atoms with E-state index in [2.05, 4.69) is 44.1 Å². The number of nitrogens with one attached hydrogen (secondary N) is 1. The van der Waals surface area contributed by atoms with E-state index in [0.717, 1.165) is 25.6 Å². The predicted molar refractivity (Wildman–Crippen MR) is 69.3 cm³/mol. The zero-order valence-electron chi connectivity index (χ0n) is 8.22. The van der Waals surface area contributed by atoms with Crippen LogP contribution in [0.1, 0.15) is 23.0 Å². The summed E-state index contributed by atoms with van der Waals surface area (Å²) >= 11 is 8.20. The topological polar surface area (TPSA) is 29.1 Å². The molecule has 0 bridgehead atoms. The monoisotopic (exact) mass is 351 g/mol. The number of carbonyl (C=O) groups is 1. The molecule has 1 N–H and O–H groups in total. The van der Waals surface area contributed by atoms with E-state index in [1.165, 1.54) is 17.8 Å². The Morgan fingerprint density at radius 3 is 2.80 bits per heavy atom. The highest BCUT2D eigenvalue weighted by Gasteiger charge is 2.32. The predicted octanol–water partition coefficient (Wildman–Crippen LogP) is 3.66. The van der Waals surface area contributed by atoms with E-state index in [1.807, 2.05) is 6.07 Å². The van der Waals surface area contributed by atoms with E-state index in [4.69, 9.17) is 0 Å². The molecule has 15 heavy (non-hydrogen) atoms. The summed E-state index contributed by atoms with van der Waals surface area (Å²) in [6.07, 6.45) is 1.25. The van der Waals surface area contributed by atoms with E-state index < -0.39 is 0 Å². The average Bonchev–Trinajstić information content (AvgIpc) is 2.79. The first-order valence-electron chi connectivity index (χ1n) is 4.81. The maximum Gasteiger partial charge on any atom is 0.261 e.